The van der Waals surface area contributed by atoms with Gasteiger partial charge in [-0.25, -0.2) is 14.8 Å². The van der Waals surface area contributed by atoms with Gasteiger partial charge in [0.15, 0.2) is 0 Å². The molecule has 0 unspecified atom stereocenters. The number of amidine groups is 1. The molecule has 1 fully saturated rings. The first kappa shape index (κ1) is 18.4. The molecule has 2 aliphatic rings. The Morgan fingerprint density at radius 3 is 3.04 bits per heavy atom. The van der Waals surface area contributed by atoms with Gasteiger partial charge in [0.2, 0.25) is 5.88 Å². The smallest absolute Gasteiger partial charge is 0.320 e. The summed E-state index contributed by atoms with van der Waals surface area (Å²) in [6.07, 6.45) is 4.80. The quantitative estimate of drug-likeness (QED) is 0.848. The fourth-order valence-corrected chi connectivity index (χ4v) is 3.44. The summed E-state index contributed by atoms with van der Waals surface area (Å²) in [7, 11) is 0. The monoisotopic (exact) mass is 381 g/mol. The summed E-state index contributed by atoms with van der Waals surface area (Å²) in [5.74, 6) is 1.14. The van der Waals surface area contributed by atoms with E-state index in [9.17, 15) is 4.79 Å². The zero-order chi connectivity index (χ0) is 19.5. The fourth-order valence-electron chi connectivity index (χ4n) is 3.44. The van der Waals surface area contributed by atoms with Crippen LogP contribution < -0.4 is 15.4 Å². The van der Waals surface area contributed by atoms with Gasteiger partial charge in [0.05, 0.1) is 36.6 Å². The first-order valence-corrected chi connectivity index (χ1v) is 9.46. The van der Waals surface area contributed by atoms with Gasteiger partial charge >= 0.3 is 6.03 Å². The van der Waals surface area contributed by atoms with Crippen LogP contribution >= 0.6 is 0 Å². The van der Waals surface area contributed by atoms with Gasteiger partial charge in [-0.15, -0.1) is 0 Å². The van der Waals surface area contributed by atoms with E-state index in [0.29, 0.717) is 37.9 Å². The number of fused-ring (bicyclic) bond motifs is 1. The standard InChI is InChI=1S/C20H23N5O3/c1-3-22-20(26)25-16-9-15-18(24-16)12(2)17(13-5-4-7-21-10-13)19(23-15)28-14-6-8-27-11-14/h4-5,7,10,14H,3,6,8-9,11H2,1-2H3,(H2,22,24,25,26)/t14-/m1/s1. The number of hydrogen-bond donors (Lipinski definition) is 2. The van der Waals surface area contributed by atoms with Crippen molar-refractivity contribution < 1.29 is 14.3 Å². The molecule has 28 heavy (non-hydrogen) atoms. The molecular formula is C20H23N5O3. The van der Waals surface area contributed by atoms with E-state index >= 15 is 0 Å². The number of urea groups is 1. The highest BCUT2D eigenvalue weighted by atomic mass is 16.5. The molecule has 2 N–H and O–H groups in total. The fraction of sp³-hybridized carbons (Fsp3) is 0.400. The van der Waals surface area contributed by atoms with E-state index in [-0.39, 0.29) is 12.1 Å². The predicted molar refractivity (Wildman–Crippen MR) is 105 cm³/mol. The molecular weight excluding hydrogens is 358 g/mol. The van der Waals surface area contributed by atoms with Gasteiger partial charge in [-0.2, -0.15) is 0 Å². The molecule has 1 saturated heterocycles. The third-order valence-electron chi connectivity index (χ3n) is 4.75. The summed E-state index contributed by atoms with van der Waals surface area (Å²) in [6, 6.07) is 3.60. The van der Waals surface area contributed by atoms with Crippen LogP contribution in [0.3, 0.4) is 0 Å². The lowest BCUT2D eigenvalue weighted by Crippen LogP contribution is -2.39. The minimum absolute atomic E-state index is 0.0179. The van der Waals surface area contributed by atoms with E-state index in [1.54, 1.807) is 12.4 Å². The van der Waals surface area contributed by atoms with Crippen LogP contribution in [0.5, 0.6) is 5.88 Å². The summed E-state index contributed by atoms with van der Waals surface area (Å²) < 4.78 is 11.6. The summed E-state index contributed by atoms with van der Waals surface area (Å²) in [4.78, 5) is 25.5. The lowest BCUT2D eigenvalue weighted by Gasteiger charge is -2.18. The number of amides is 2. The first-order valence-electron chi connectivity index (χ1n) is 9.46. The molecule has 0 radical (unpaired) electrons. The van der Waals surface area contributed by atoms with Gasteiger partial charge < -0.3 is 14.8 Å². The second-order valence-electron chi connectivity index (χ2n) is 6.78. The van der Waals surface area contributed by atoms with E-state index in [1.807, 2.05) is 26.0 Å². The maximum absolute atomic E-state index is 11.9. The average Bonchev–Trinajstić information content (AvgIpc) is 3.32. The van der Waals surface area contributed by atoms with Crippen LogP contribution in [0.2, 0.25) is 0 Å². The molecule has 1 atom stereocenters. The minimum Gasteiger partial charge on any atom is -0.471 e. The SMILES string of the molecule is CCNC(=O)NC1=Nc2c(nc(O[C@@H]3CCOC3)c(-c3cccnc3)c2C)C1. The van der Waals surface area contributed by atoms with Crippen LogP contribution in [0.25, 0.3) is 11.1 Å². The van der Waals surface area contributed by atoms with Crippen molar-refractivity contribution in [3.05, 3.63) is 35.8 Å². The van der Waals surface area contributed by atoms with Crippen LogP contribution in [0.4, 0.5) is 10.5 Å². The Kier molecular flexibility index (Phi) is 5.21. The molecule has 2 amide bonds. The van der Waals surface area contributed by atoms with E-state index in [1.165, 1.54) is 0 Å². The van der Waals surface area contributed by atoms with Crippen LogP contribution in [-0.2, 0) is 11.2 Å². The Hall–Kier alpha value is -3.00. The highest BCUT2D eigenvalue weighted by molar-refractivity contribution is 6.03. The maximum Gasteiger partial charge on any atom is 0.320 e. The summed E-state index contributed by atoms with van der Waals surface area (Å²) >= 11 is 0. The second-order valence-corrected chi connectivity index (χ2v) is 6.78. The molecule has 8 nitrogen and oxygen atoms in total. The Morgan fingerprint density at radius 1 is 1.43 bits per heavy atom. The van der Waals surface area contributed by atoms with Crippen LogP contribution in [0.15, 0.2) is 29.5 Å². The average molecular weight is 381 g/mol. The van der Waals surface area contributed by atoms with Crippen LogP contribution in [0, 0.1) is 6.92 Å². The van der Waals surface area contributed by atoms with Crippen molar-refractivity contribution in [1.82, 2.24) is 20.6 Å². The topological polar surface area (TPSA) is 97.7 Å². The third-order valence-corrected chi connectivity index (χ3v) is 4.75. The van der Waals surface area contributed by atoms with E-state index < -0.39 is 0 Å². The number of hydrogen-bond acceptors (Lipinski definition) is 6. The van der Waals surface area contributed by atoms with Crippen LogP contribution in [-0.4, -0.2) is 47.7 Å². The zero-order valence-electron chi connectivity index (χ0n) is 16.0. The van der Waals surface area contributed by atoms with Crippen molar-refractivity contribution in [2.75, 3.05) is 19.8 Å². The van der Waals surface area contributed by atoms with Gasteiger partial charge in [-0.1, -0.05) is 6.07 Å². The highest BCUT2D eigenvalue weighted by Crippen LogP contribution is 2.41. The van der Waals surface area contributed by atoms with Crippen molar-refractivity contribution >= 4 is 17.6 Å². The summed E-state index contributed by atoms with van der Waals surface area (Å²) in [5.41, 5.74) is 4.33. The number of carbonyl (C=O) groups is 1. The van der Waals surface area contributed by atoms with Crippen molar-refractivity contribution in [3.63, 3.8) is 0 Å². The number of aliphatic imine (C=N–C) groups is 1. The van der Waals surface area contributed by atoms with Gasteiger partial charge in [-0.05, 0) is 25.5 Å². The Bertz CT molecular complexity index is 908. The van der Waals surface area contributed by atoms with Gasteiger partial charge in [0.25, 0.3) is 0 Å². The molecule has 4 rings (SSSR count). The number of carbonyl (C=O) groups excluding carboxylic acids is 1. The maximum atomic E-state index is 11.9. The third kappa shape index (κ3) is 3.68. The number of rotatable bonds is 4. The van der Waals surface area contributed by atoms with Crippen LogP contribution in [0.1, 0.15) is 24.6 Å². The molecule has 4 heterocycles. The Labute approximate surface area is 163 Å². The molecule has 146 valence electrons. The lowest BCUT2D eigenvalue weighted by atomic mass is 10.0. The molecule has 0 aliphatic carbocycles. The molecule has 0 spiro atoms. The number of pyridine rings is 2. The lowest BCUT2D eigenvalue weighted by molar-refractivity contribution is 0.138. The normalized spacial score (nSPS) is 17.8. The van der Waals surface area contributed by atoms with Gasteiger partial charge in [0, 0.05) is 30.9 Å². The van der Waals surface area contributed by atoms with E-state index in [2.05, 4.69) is 20.6 Å². The zero-order valence-corrected chi connectivity index (χ0v) is 16.0. The van der Waals surface area contributed by atoms with Crippen molar-refractivity contribution in [2.24, 2.45) is 4.99 Å². The minimum atomic E-state index is -0.265. The van der Waals surface area contributed by atoms with Crippen molar-refractivity contribution in [1.29, 1.82) is 0 Å². The molecule has 0 bridgehead atoms. The molecule has 2 aromatic rings. The molecule has 8 heteroatoms. The largest absolute Gasteiger partial charge is 0.471 e. The van der Waals surface area contributed by atoms with Crippen molar-refractivity contribution in [2.45, 2.75) is 32.8 Å². The van der Waals surface area contributed by atoms with E-state index in [4.69, 9.17) is 14.5 Å². The molecule has 2 aliphatic heterocycles. The predicted octanol–water partition coefficient (Wildman–Crippen LogP) is 2.52. The Morgan fingerprint density at radius 2 is 2.32 bits per heavy atom. The Balaban J connectivity index is 1.71. The summed E-state index contributed by atoms with van der Waals surface area (Å²) in [6.45, 7) is 5.67. The van der Waals surface area contributed by atoms with Gasteiger partial charge in [-0.3, -0.25) is 10.3 Å². The number of ether oxygens (including phenoxy) is 2. The molecule has 0 aromatic carbocycles. The number of nitrogens with one attached hydrogen (secondary N) is 2. The first-order chi connectivity index (χ1) is 13.7. The molecule has 2 aromatic heterocycles. The molecule has 0 saturated carbocycles. The van der Waals surface area contributed by atoms with Crippen molar-refractivity contribution in [3.8, 4) is 17.0 Å². The van der Waals surface area contributed by atoms with Gasteiger partial charge in [0.1, 0.15) is 11.9 Å². The second kappa shape index (κ2) is 7.93. The highest BCUT2D eigenvalue weighted by Gasteiger charge is 2.27. The number of aromatic nitrogens is 2. The van der Waals surface area contributed by atoms with E-state index in [0.717, 1.165) is 34.5 Å². The summed E-state index contributed by atoms with van der Waals surface area (Å²) in [5, 5.41) is 5.51. The number of nitrogens with zero attached hydrogens (tertiary/aromatic N) is 3.